The number of nitrogens with two attached hydrogens (primary N) is 3. The van der Waals surface area contributed by atoms with Crippen molar-refractivity contribution < 1.29 is 4.79 Å². The third-order valence-corrected chi connectivity index (χ3v) is 3.75. The third kappa shape index (κ3) is 3.01. The Labute approximate surface area is 135 Å². The van der Waals surface area contributed by atoms with Gasteiger partial charge in [0.15, 0.2) is 5.69 Å². The maximum Gasteiger partial charge on any atom is 0.269 e. The molecule has 120 valence electrons. The highest BCUT2D eigenvalue weighted by molar-refractivity contribution is 6.03. The van der Waals surface area contributed by atoms with Crippen LogP contribution in [-0.2, 0) is 6.42 Å². The molecule has 0 aliphatic rings. The monoisotopic (exact) mass is 311 g/mol. The van der Waals surface area contributed by atoms with E-state index in [0.717, 1.165) is 23.2 Å². The molecule has 0 fully saturated rings. The van der Waals surface area contributed by atoms with E-state index in [4.69, 9.17) is 22.6 Å². The van der Waals surface area contributed by atoms with Gasteiger partial charge < -0.3 is 22.6 Å². The van der Waals surface area contributed by atoms with Crippen LogP contribution in [0.25, 0.3) is 11.1 Å². The Balaban J connectivity index is 2.85. The molecule has 0 radical (unpaired) electrons. The van der Waals surface area contributed by atoms with Crippen molar-refractivity contribution in [3.63, 3.8) is 0 Å². The molecule has 0 bridgehead atoms. The van der Waals surface area contributed by atoms with Gasteiger partial charge in [-0.3, -0.25) is 4.79 Å². The van der Waals surface area contributed by atoms with Crippen molar-refractivity contribution >= 4 is 23.5 Å². The van der Waals surface area contributed by atoms with E-state index in [-0.39, 0.29) is 11.4 Å². The minimum Gasteiger partial charge on any atom is -0.398 e. The summed E-state index contributed by atoms with van der Waals surface area (Å²) >= 11 is 0. The highest BCUT2D eigenvalue weighted by Crippen LogP contribution is 2.35. The SMILES string of the molecule is CCCc1cc(-c2c(C)ccc(N)c2C=N)c(N)c(C(N)=O)n1. The van der Waals surface area contributed by atoms with Crippen molar-refractivity contribution in [2.75, 3.05) is 11.5 Å². The summed E-state index contributed by atoms with van der Waals surface area (Å²) in [6.45, 7) is 3.93. The molecule has 0 aliphatic heterocycles. The van der Waals surface area contributed by atoms with E-state index < -0.39 is 5.91 Å². The lowest BCUT2D eigenvalue weighted by molar-refractivity contribution is 0.0996. The predicted octanol–water partition coefficient (Wildman–Crippen LogP) is 2.27. The molecule has 7 N–H and O–H groups in total. The average Bonchev–Trinajstić information content (AvgIpc) is 2.51. The minimum absolute atomic E-state index is 0.0590. The number of carbonyl (C=O) groups excluding carboxylic acids is 1. The van der Waals surface area contributed by atoms with E-state index in [2.05, 4.69) is 4.98 Å². The van der Waals surface area contributed by atoms with Crippen molar-refractivity contribution in [1.29, 1.82) is 5.41 Å². The summed E-state index contributed by atoms with van der Waals surface area (Å²) in [6.07, 6.45) is 2.78. The number of anilines is 2. The number of nitrogens with zero attached hydrogens (tertiary/aromatic N) is 1. The first-order valence-electron chi connectivity index (χ1n) is 7.39. The molecule has 6 nitrogen and oxygen atoms in total. The van der Waals surface area contributed by atoms with Gasteiger partial charge in [-0.05, 0) is 36.6 Å². The molecule has 1 aromatic heterocycles. The standard InChI is InChI=1S/C17H21N5O/c1-3-4-10-7-11(15(20)16(22-10)17(21)23)14-9(2)5-6-13(19)12(14)8-18/h5-8,18H,3-4,19-20H2,1-2H3,(H2,21,23). The Morgan fingerprint density at radius 3 is 2.61 bits per heavy atom. The highest BCUT2D eigenvalue weighted by atomic mass is 16.1. The number of rotatable bonds is 5. The van der Waals surface area contributed by atoms with E-state index in [1.54, 1.807) is 6.07 Å². The quantitative estimate of drug-likeness (QED) is 0.498. The molecule has 0 saturated heterocycles. The molecule has 0 spiro atoms. The number of aromatic nitrogens is 1. The molecule has 0 saturated carbocycles. The van der Waals surface area contributed by atoms with Crippen LogP contribution < -0.4 is 17.2 Å². The maximum atomic E-state index is 11.7. The second kappa shape index (κ2) is 6.48. The van der Waals surface area contributed by atoms with Gasteiger partial charge in [-0.1, -0.05) is 19.4 Å². The van der Waals surface area contributed by atoms with E-state index >= 15 is 0 Å². The van der Waals surface area contributed by atoms with Gasteiger partial charge in [0.05, 0.1) is 5.69 Å². The lowest BCUT2D eigenvalue weighted by atomic mass is 9.92. The molecule has 0 aliphatic carbocycles. The third-order valence-electron chi connectivity index (χ3n) is 3.75. The predicted molar refractivity (Wildman–Crippen MR) is 93.6 cm³/mol. The number of hydrogen-bond donors (Lipinski definition) is 4. The van der Waals surface area contributed by atoms with Crippen molar-refractivity contribution in [2.45, 2.75) is 26.7 Å². The normalized spacial score (nSPS) is 10.5. The molecule has 23 heavy (non-hydrogen) atoms. The number of carbonyl (C=O) groups is 1. The van der Waals surface area contributed by atoms with Crippen molar-refractivity contribution in [3.05, 3.63) is 40.7 Å². The molecule has 1 heterocycles. The summed E-state index contributed by atoms with van der Waals surface area (Å²) in [5, 5.41) is 7.66. The summed E-state index contributed by atoms with van der Waals surface area (Å²) in [6, 6.07) is 5.46. The zero-order valence-electron chi connectivity index (χ0n) is 13.3. The summed E-state index contributed by atoms with van der Waals surface area (Å²) < 4.78 is 0. The Kier molecular flexibility index (Phi) is 4.64. The van der Waals surface area contributed by atoms with Crippen LogP contribution in [0.2, 0.25) is 0 Å². The van der Waals surface area contributed by atoms with Crippen molar-refractivity contribution in [3.8, 4) is 11.1 Å². The molecule has 1 aromatic carbocycles. The maximum absolute atomic E-state index is 11.7. The van der Waals surface area contributed by atoms with Crippen LogP contribution >= 0.6 is 0 Å². The largest absolute Gasteiger partial charge is 0.398 e. The van der Waals surface area contributed by atoms with E-state index in [9.17, 15) is 4.79 Å². The smallest absolute Gasteiger partial charge is 0.269 e. The van der Waals surface area contributed by atoms with Gasteiger partial charge in [0, 0.05) is 28.7 Å². The number of nitrogens with one attached hydrogen (secondary N) is 1. The average molecular weight is 311 g/mol. The lowest BCUT2D eigenvalue weighted by Crippen LogP contribution is -2.18. The first-order valence-corrected chi connectivity index (χ1v) is 7.39. The molecule has 0 unspecified atom stereocenters. The van der Waals surface area contributed by atoms with Crippen LogP contribution in [0.5, 0.6) is 0 Å². The number of benzene rings is 1. The first-order chi connectivity index (χ1) is 10.9. The van der Waals surface area contributed by atoms with Gasteiger partial charge in [-0.2, -0.15) is 0 Å². The summed E-state index contributed by atoms with van der Waals surface area (Å²) in [5.41, 5.74) is 21.9. The minimum atomic E-state index is -0.667. The van der Waals surface area contributed by atoms with Gasteiger partial charge in [0.1, 0.15) is 0 Å². The van der Waals surface area contributed by atoms with Crippen LogP contribution in [-0.4, -0.2) is 17.1 Å². The van der Waals surface area contributed by atoms with E-state index in [0.29, 0.717) is 23.2 Å². The van der Waals surface area contributed by atoms with Gasteiger partial charge in [0.2, 0.25) is 0 Å². The molecule has 2 aromatic rings. The highest BCUT2D eigenvalue weighted by Gasteiger charge is 2.19. The van der Waals surface area contributed by atoms with Crippen LogP contribution in [0.3, 0.4) is 0 Å². The first kappa shape index (κ1) is 16.5. The Hall–Kier alpha value is -2.89. The number of primary amides is 1. The number of nitrogen functional groups attached to an aromatic ring is 2. The zero-order valence-corrected chi connectivity index (χ0v) is 13.3. The molecular formula is C17H21N5O. The summed E-state index contributed by atoms with van der Waals surface area (Å²) in [5.74, 6) is -0.667. The van der Waals surface area contributed by atoms with Crippen molar-refractivity contribution in [1.82, 2.24) is 4.98 Å². The Bertz CT molecular complexity index is 783. The van der Waals surface area contributed by atoms with Gasteiger partial charge in [0.25, 0.3) is 5.91 Å². The fourth-order valence-corrected chi connectivity index (χ4v) is 2.64. The number of aryl methyl sites for hydroxylation is 2. The van der Waals surface area contributed by atoms with Gasteiger partial charge in [-0.25, -0.2) is 4.98 Å². The van der Waals surface area contributed by atoms with Crippen LogP contribution in [0.1, 0.15) is 40.7 Å². The van der Waals surface area contributed by atoms with Gasteiger partial charge >= 0.3 is 0 Å². The van der Waals surface area contributed by atoms with E-state index in [1.807, 2.05) is 26.0 Å². The molecular weight excluding hydrogens is 290 g/mol. The summed E-state index contributed by atoms with van der Waals surface area (Å²) in [4.78, 5) is 15.9. The molecule has 1 amide bonds. The number of amides is 1. The molecule has 6 heteroatoms. The molecule has 2 rings (SSSR count). The summed E-state index contributed by atoms with van der Waals surface area (Å²) in [7, 11) is 0. The Morgan fingerprint density at radius 1 is 1.35 bits per heavy atom. The van der Waals surface area contributed by atoms with E-state index in [1.165, 1.54) is 6.21 Å². The van der Waals surface area contributed by atoms with Crippen LogP contribution in [0.15, 0.2) is 18.2 Å². The molecule has 0 atom stereocenters. The van der Waals surface area contributed by atoms with Crippen LogP contribution in [0, 0.1) is 12.3 Å². The fraction of sp³-hybridized carbons (Fsp3) is 0.235. The zero-order chi connectivity index (χ0) is 17.1. The fourth-order valence-electron chi connectivity index (χ4n) is 2.64. The second-order valence-electron chi connectivity index (χ2n) is 5.44. The number of hydrogen-bond acceptors (Lipinski definition) is 5. The van der Waals surface area contributed by atoms with Crippen molar-refractivity contribution in [2.24, 2.45) is 5.73 Å². The van der Waals surface area contributed by atoms with Crippen LogP contribution in [0.4, 0.5) is 11.4 Å². The number of pyridine rings is 1. The lowest BCUT2D eigenvalue weighted by Gasteiger charge is -2.17. The second-order valence-corrected chi connectivity index (χ2v) is 5.44. The van der Waals surface area contributed by atoms with Gasteiger partial charge in [-0.15, -0.1) is 0 Å². The Morgan fingerprint density at radius 2 is 2.04 bits per heavy atom. The topological polar surface area (TPSA) is 132 Å².